The SMILES string of the molecule is CCCC(O)CNc1cc2c(cc1N)NC(=O)CC2. The van der Waals surface area contributed by atoms with Gasteiger partial charge in [-0.2, -0.15) is 0 Å². The molecule has 1 heterocycles. The number of benzene rings is 1. The van der Waals surface area contributed by atoms with Gasteiger partial charge in [0.1, 0.15) is 0 Å². The molecule has 0 spiro atoms. The third-order valence-electron chi connectivity index (χ3n) is 3.32. The van der Waals surface area contributed by atoms with Crippen LogP contribution in [0.25, 0.3) is 0 Å². The second-order valence-corrected chi connectivity index (χ2v) is 4.97. The Morgan fingerprint density at radius 2 is 2.26 bits per heavy atom. The lowest BCUT2D eigenvalue weighted by Gasteiger charge is -2.20. The molecule has 1 aliphatic rings. The Morgan fingerprint density at radius 3 is 3.00 bits per heavy atom. The Bertz CT molecular complexity index is 474. The molecule has 19 heavy (non-hydrogen) atoms. The van der Waals surface area contributed by atoms with E-state index in [1.54, 1.807) is 6.07 Å². The van der Waals surface area contributed by atoms with Crippen molar-refractivity contribution in [1.82, 2.24) is 0 Å². The van der Waals surface area contributed by atoms with E-state index in [1.807, 2.05) is 13.0 Å². The van der Waals surface area contributed by atoms with E-state index in [9.17, 15) is 9.90 Å². The van der Waals surface area contributed by atoms with Gasteiger partial charge in [-0.25, -0.2) is 0 Å². The number of carbonyl (C=O) groups excluding carboxylic acids is 1. The average Bonchev–Trinajstić information content (AvgIpc) is 2.36. The largest absolute Gasteiger partial charge is 0.397 e. The van der Waals surface area contributed by atoms with E-state index in [2.05, 4.69) is 10.6 Å². The van der Waals surface area contributed by atoms with E-state index in [-0.39, 0.29) is 12.0 Å². The molecule has 0 saturated carbocycles. The van der Waals surface area contributed by atoms with Crippen LogP contribution in [0.15, 0.2) is 12.1 Å². The minimum absolute atomic E-state index is 0.0333. The summed E-state index contributed by atoms with van der Waals surface area (Å²) < 4.78 is 0. The van der Waals surface area contributed by atoms with E-state index >= 15 is 0 Å². The highest BCUT2D eigenvalue weighted by Crippen LogP contribution is 2.30. The van der Waals surface area contributed by atoms with Crippen LogP contribution in [0.2, 0.25) is 0 Å². The summed E-state index contributed by atoms with van der Waals surface area (Å²) in [6, 6.07) is 3.74. The maximum Gasteiger partial charge on any atom is 0.224 e. The highest BCUT2D eigenvalue weighted by molar-refractivity contribution is 5.95. The van der Waals surface area contributed by atoms with Crippen molar-refractivity contribution in [3.8, 4) is 0 Å². The van der Waals surface area contributed by atoms with Crippen LogP contribution in [0, 0.1) is 0 Å². The normalized spacial score (nSPS) is 15.6. The molecule has 2 rings (SSSR count). The minimum atomic E-state index is -0.361. The van der Waals surface area contributed by atoms with E-state index in [1.165, 1.54) is 0 Å². The van der Waals surface area contributed by atoms with E-state index in [0.717, 1.165) is 36.2 Å². The number of nitrogen functional groups attached to an aromatic ring is 1. The standard InChI is InChI=1S/C14H21N3O2/c1-2-3-10(18)8-16-13-6-9-4-5-14(19)17-12(9)7-11(13)15/h6-7,10,16,18H,2-5,8,15H2,1H3,(H,17,19). The van der Waals surface area contributed by atoms with Gasteiger partial charge in [0, 0.05) is 18.7 Å². The first-order valence-corrected chi connectivity index (χ1v) is 6.74. The van der Waals surface area contributed by atoms with Gasteiger partial charge in [0.2, 0.25) is 5.91 Å². The molecule has 0 fully saturated rings. The number of hydrogen-bond acceptors (Lipinski definition) is 4. The van der Waals surface area contributed by atoms with Gasteiger partial charge in [-0.1, -0.05) is 13.3 Å². The Hall–Kier alpha value is -1.75. The van der Waals surface area contributed by atoms with Gasteiger partial charge in [0.25, 0.3) is 0 Å². The second kappa shape index (κ2) is 5.93. The van der Waals surface area contributed by atoms with Gasteiger partial charge < -0.3 is 21.5 Å². The van der Waals surface area contributed by atoms with Crippen LogP contribution in [0.3, 0.4) is 0 Å². The molecule has 0 saturated heterocycles. The van der Waals surface area contributed by atoms with Gasteiger partial charge in [0.05, 0.1) is 17.5 Å². The molecule has 0 aliphatic carbocycles. The van der Waals surface area contributed by atoms with E-state index < -0.39 is 0 Å². The fraction of sp³-hybridized carbons (Fsp3) is 0.500. The van der Waals surface area contributed by atoms with E-state index in [0.29, 0.717) is 18.7 Å². The van der Waals surface area contributed by atoms with E-state index in [4.69, 9.17) is 5.73 Å². The van der Waals surface area contributed by atoms with Gasteiger partial charge in [-0.05, 0) is 30.5 Å². The number of nitrogens with one attached hydrogen (secondary N) is 2. The molecule has 1 aromatic carbocycles. The molecular weight excluding hydrogens is 242 g/mol. The third kappa shape index (κ3) is 3.38. The highest BCUT2D eigenvalue weighted by atomic mass is 16.3. The van der Waals surface area contributed by atoms with Crippen molar-refractivity contribution in [2.24, 2.45) is 0 Å². The second-order valence-electron chi connectivity index (χ2n) is 4.97. The number of aryl methyl sites for hydroxylation is 1. The predicted molar refractivity (Wildman–Crippen MR) is 77.2 cm³/mol. The van der Waals surface area contributed by atoms with Crippen molar-refractivity contribution in [3.05, 3.63) is 17.7 Å². The summed E-state index contributed by atoms with van der Waals surface area (Å²) in [5.74, 6) is 0.0333. The van der Waals surface area contributed by atoms with Crippen molar-refractivity contribution in [2.45, 2.75) is 38.7 Å². The monoisotopic (exact) mass is 263 g/mol. The molecule has 1 amide bonds. The van der Waals surface area contributed by atoms with Gasteiger partial charge in [-0.15, -0.1) is 0 Å². The number of rotatable bonds is 5. The topological polar surface area (TPSA) is 87.4 Å². The van der Waals surface area contributed by atoms with Crippen molar-refractivity contribution < 1.29 is 9.90 Å². The first-order chi connectivity index (χ1) is 9.10. The fourth-order valence-corrected chi connectivity index (χ4v) is 2.26. The molecule has 5 N–H and O–H groups in total. The Kier molecular flexibility index (Phi) is 4.27. The summed E-state index contributed by atoms with van der Waals surface area (Å²) in [6.45, 7) is 2.53. The van der Waals surface area contributed by atoms with Crippen LogP contribution >= 0.6 is 0 Å². The Morgan fingerprint density at radius 1 is 1.47 bits per heavy atom. The van der Waals surface area contributed by atoms with Crippen molar-refractivity contribution in [1.29, 1.82) is 0 Å². The van der Waals surface area contributed by atoms with Crippen molar-refractivity contribution in [3.63, 3.8) is 0 Å². The number of aliphatic hydroxyl groups excluding tert-OH is 1. The summed E-state index contributed by atoms with van der Waals surface area (Å²) >= 11 is 0. The molecular formula is C14H21N3O2. The molecule has 0 aromatic heterocycles. The number of hydrogen-bond donors (Lipinski definition) is 4. The van der Waals surface area contributed by atoms with Crippen LogP contribution in [-0.4, -0.2) is 23.7 Å². The maximum atomic E-state index is 11.3. The first kappa shape index (κ1) is 13.7. The predicted octanol–water partition coefficient (Wildman–Crippen LogP) is 1.73. The molecule has 0 radical (unpaired) electrons. The number of nitrogens with two attached hydrogens (primary N) is 1. The Labute approximate surface area is 113 Å². The summed E-state index contributed by atoms with van der Waals surface area (Å²) in [6.07, 6.45) is 2.60. The molecule has 5 nitrogen and oxygen atoms in total. The lowest BCUT2D eigenvalue weighted by atomic mass is 10.0. The first-order valence-electron chi connectivity index (χ1n) is 6.74. The van der Waals surface area contributed by atoms with Gasteiger partial charge in [0.15, 0.2) is 0 Å². The zero-order valence-corrected chi connectivity index (χ0v) is 11.2. The maximum absolute atomic E-state index is 11.3. The highest BCUT2D eigenvalue weighted by Gasteiger charge is 2.16. The summed E-state index contributed by atoms with van der Waals surface area (Å²) in [7, 11) is 0. The molecule has 1 aromatic rings. The summed E-state index contributed by atoms with van der Waals surface area (Å²) in [5, 5.41) is 15.7. The van der Waals surface area contributed by atoms with Gasteiger partial charge in [-0.3, -0.25) is 4.79 Å². The molecule has 0 bridgehead atoms. The quantitative estimate of drug-likeness (QED) is 0.609. The van der Waals surface area contributed by atoms with Crippen LogP contribution in [0.1, 0.15) is 31.7 Å². The number of anilines is 3. The third-order valence-corrected chi connectivity index (χ3v) is 3.32. The smallest absolute Gasteiger partial charge is 0.224 e. The zero-order chi connectivity index (χ0) is 13.8. The molecule has 1 atom stereocenters. The minimum Gasteiger partial charge on any atom is -0.397 e. The van der Waals surface area contributed by atoms with Crippen LogP contribution in [0.4, 0.5) is 17.1 Å². The lowest BCUT2D eigenvalue weighted by molar-refractivity contribution is -0.116. The van der Waals surface area contributed by atoms with Crippen LogP contribution in [-0.2, 0) is 11.2 Å². The molecule has 5 heteroatoms. The number of aliphatic hydroxyl groups is 1. The fourth-order valence-electron chi connectivity index (χ4n) is 2.26. The van der Waals surface area contributed by atoms with Gasteiger partial charge >= 0.3 is 0 Å². The zero-order valence-electron chi connectivity index (χ0n) is 11.2. The Balaban J connectivity index is 2.07. The van der Waals surface area contributed by atoms with Crippen molar-refractivity contribution in [2.75, 3.05) is 22.9 Å². The van der Waals surface area contributed by atoms with Crippen LogP contribution < -0.4 is 16.4 Å². The number of fused-ring (bicyclic) bond motifs is 1. The summed E-state index contributed by atoms with van der Waals surface area (Å²) in [5.41, 5.74) is 9.25. The lowest BCUT2D eigenvalue weighted by Crippen LogP contribution is -2.21. The number of amides is 1. The average molecular weight is 263 g/mol. The van der Waals surface area contributed by atoms with Crippen molar-refractivity contribution >= 4 is 23.0 Å². The molecule has 1 aliphatic heterocycles. The molecule has 104 valence electrons. The summed E-state index contributed by atoms with van der Waals surface area (Å²) in [4.78, 5) is 11.3. The van der Waals surface area contributed by atoms with Crippen LogP contribution in [0.5, 0.6) is 0 Å². The number of carbonyl (C=O) groups is 1. The molecule has 1 unspecified atom stereocenters.